The van der Waals surface area contributed by atoms with Crippen molar-refractivity contribution in [2.45, 2.75) is 59.4 Å². The quantitative estimate of drug-likeness (QED) is 0.565. The van der Waals surface area contributed by atoms with Crippen LogP contribution in [0.2, 0.25) is 0 Å². The molecule has 0 radical (unpaired) electrons. The first-order valence-corrected chi connectivity index (χ1v) is 6.48. The van der Waals surface area contributed by atoms with E-state index in [9.17, 15) is 0 Å². The van der Waals surface area contributed by atoms with Gasteiger partial charge in [0.2, 0.25) is 0 Å². The molecule has 15 heavy (non-hydrogen) atoms. The Hall–Kier alpha value is -0.0800. The highest BCUT2D eigenvalue weighted by atomic mass is 16.5. The smallest absolute Gasteiger partial charge is 0.0489 e. The largest absolute Gasteiger partial charge is 0.381 e. The minimum Gasteiger partial charge on any atom is -0.381 e. The van der Waals surface area contributed by atoms with Crippen molar-refractivity contribution in [1.82, 2.24) is 5.32 Å². The molecule has 0 fully saturated rings. The Morgan fingerprint density at radius 3 is 2.47 bits per heavy atom. The van der Waals surface area contributed by atoms with Gasteiger partial charge in [0.15, 0.2) is 0 Å². The van der Waals surface area contributed by atoms with Crippen LogP contribution in [0.5, 0.6) is 0 Å². The van der Waals surface area contributed by atoms with E-state index in [1.54, 1.807) is 0 Å². The van der Waals surface area contributed by atoms with E-state index < -0.39 is 0 Å². The molecule has 2 heteroatoms. The van der Waals surface area contributed by atoms with Gasteiger partial charge in [-0.05, 0) is 32.2 Å². The van der Waals surface area contributed by atoms with E-state index in [0.29, 0.717) is 12.0 Å². The van der Waals surface area contributed by atoms with Gasteiger partial charge in [-0.1, -0.05) is 33.6 Å². The third kappa shape index (κ3) is 11.8. The van der Waals surface area contributed by atoms with Gasteiger partial charge < -0.3 is 10.1 Å². The van der Waals surface area contributed by atoms with Crippen LogP contribution in [0.4, 0.5) is 0 Å². The van der Waals surface area contributed by atoms with Crippen LogP contribution < -0.4 is 5.32 Å². The van der Waals surface area contributed by atoms with Gasteiger partial charge in [0, 0.05) is 19.3 Å². The summed E-state index contributed by atoms with van der Waals surface area (Å²) in [5.41, 5.74) is 0. The van der Waals surface area contributed by atoms with Gasteiger partial charge in [0.1, 0.15) is 0 Å². The molecule has 0 aromatic rings. The number of hydrogen-bond acceptors (Lipinski definition) is 2. The maximum Gasteiger partial charge on any atom is 0.0489 e. The number of unbranched alkanes of at least 4 members (excludes halogenated alkanes) is 1. The average Bonchev–Trinajstić information content (AvgIpc) is 2.19. The topological polar surface area (TPSA) is 21.3 Å². The molecule has 0 amide bonds. The summed E-state index contributed by atoms with van der Waals surface area (Å²) >= 11 is 0. The molecule has 1 N–H and O–H groups in total. The molecule has 0 rings (SSSR count). The van der Waals surface area contributed by atoms with Crippen molar-refractivity contribution in [1.29, 1.82) is 0 Å². The summed E-state index contributed by atoms with van der Waals surface area (Å²) < 4.78 is 5.52. The maximum absolute atomic E-state index is 5.52. The Balaban J connectivity index is 3.09. The van der Waals surface area contributed by atoms with E-state index in [-0.39, 0.29) is 0 Å². The van der Waals surface area contributed by atoms with Gasteiger partial charge in [-0.2, -0.15) is 0 Å². The number of rotatable bonds is 10. The summed E-state index contributed by atoms with van der Waals surface area (Å²) in [5.74, 6) is 0.654. The Kier molecular flexibility index (Phi) is 10.4. The van der Waals surface area contributed by atoms with Crippen LogP contribution in [0, 0.1) is 5.92 Å². The van der Waals surface area contributed by atoms with E-state index in [0.717, 1.165) is 26.2 Å². The van der Waals surface area contributed by atoms with Gasteiger partial charge in [-0.25, -0.2) is 0 Å². The fourth-order valence-electron chi connectivity index (χ4n) is 1.45. The molecular formula is C13H29NO. The molecule has 1 atom stereocenters. The first-order valence-electron chi connectivity index (χ1n) is 6.48. The van der Waals surface area contributed by atoms with Crippen molar-refractivity contribution >= 4 is 0 Å². The minimum absolute atomic E-state index is 0.654. The molecule has 0 heterocycles. The monoisotopic (exact) mass is 215 g/mol. The first kappa shape index (κ1) is 14.9. The zero-order valence-corrected chi connectivity index (χ0v) is 11.0. The van der Waals surface area contributed by atoms with Crippen LogP contribution in [-0.2, 0) is 4.74 Å². The summed E-state index contributed by atoms with van der Waals surface area (Å²) in [5, 5.41) is 3.53. The maximum atomic E-state index is 5.52. The van der Waals surface area contributed by atoms with Crippen LogP contribution in [0.1, 0.15) is 53.4 Å². The van der Waals surface area contributed by atoms with Crippen molar-refractivity contribution in [3.8, 4) is 0 Å². The normalized spacial score (nSPS) is 13.4. The predicted molar refractivity (Wildman–Crippen MR) is 67.3 cm³/mol. The lowest BCUT2D eigenvalue weighted by molar-refractivity contribution is 0.107. The average molecular weight is 215 g/mol. The lowest BCUT2D eigenvalue weighted by atomic mass is 10.1. The van der Waals surface area contributed by atoms with Crippen LogP contribution >= 0.6 is 0 Å². The summed E-state index contributed by atoms with van der Waals surface area (Å²) in [6.07, 6.45) is 5.05. The highest BCUT2D eigenvalue weighted by Gasteiger charge is 1.99. The summed E-state index contributed by atoms with van der Waals surface area (Å²) in [6.45, 7) is 11.8. The molecule has 92 valence electrons. The molecule has 0 aliphatic carbocycles. The van der Waals surface area contributed by atoms with Crippen molar-refractivity contribution in [2.24, 2.45) is 5.92 Å². The van der Waals surface area contributed by atoms with Gasteiger partial charge in [-0.3, -0.25) is 0 Å². The Bertz CT molecular complexity index is 126. The zero-order valence-electron chi connectivity index (χ0n) is 11.0. The molecule has 0 saturated carbocycles. The van der Waals surface area contributed by atoms with E-state index in [4.69, 9.17) is 4.74 Å². The molecule has 0 spiro atoms. The third-order valence-corrected chi connectivity index (χ3v) is 2.40. The minimum atomic E-state index is 0.654. The number of hydrogen-bond donors (Lipinski definition) is 1. The summed E-state index contributed by atoms with van der Waals surface area (Å²) in [4.78, 5) is 0. The molecule has 0 bridgehead atoms. The number of nitrogens with one attached hydrogen (secondary N) is 1. The predicted octanol–water partition coefficient (Wildman–Crippen LogP) is 3.22. The molecule has 0 aromatic heterocycles. The van der Waals surface area contributed by atoms with Crippen molar-refractivity contribution in [3.63, 3.8) is 0 Å². The SMILES string of the molecule is CCCCC(C)NCCCOCC(C)C. The fourth-order valence-corrected chi connectivity index (χ4v) is 1.45. The second-order valence-corrected chi connectivity index (χ2v) is 4.82. The molecule has 0 aromatic carbocycles. The standard InChI is InChI=1S/C13H29NO/c1-5-6-8-13(4)14-9-7-10-15-11-12(2)3/h12-14H,5-11H2,1-4H3. The van der Waals surface area contributed by atoms with E-state index in [2.05, 4.69) is 33.0 Å². The van der Waals surface area contributed by atoms with Gasteiger partial charge in [0.05, 0.1) is 0 Å². The van der Waals surface area contributed by atoms with Crippen LogP contribution in [0.25, 0.3) is 0 Å². The molecule has 2 nitrogen and oxygen atoms in total. The summed E-state index contributed by atoms with van der Waals surface area (Å²) in [6, 6.07) is 0.662. The highest BCUT2D eigenvalue weighted by molar-refractivity contribution is 4.59. The second-order valence-electron chi connectivity index (χ2n) is 4.82. The Labute approximate surface area is 95.8 Å². The van der Waals surface area contributed by atoms with Crippen molar-refractivity contribution < 1.29 is 4.74 Å². The lowest BCUT2D eigenvalue weighted by Gasteiger charge is -2.13. The Morgan fingerprint density at radius 1 is 1.13 bits per heavy atom. The van der Waals surface area contributed by atoms with Crippen LogP contribution in [0.15, 0.2) is 0 Å². The van der Waals surface area contributed by atoms with Gasteiger partial charge in [-0.15, -0.1) is 0 Å². The first-order chi connectivity index (χ1) is 7.16. The van der Waals surface area contributed by atoms with Crippen molar-refractivity contribution in [3.05, 3.63) is 0 Å². The lowest BCUT2D eigenvalue weighted by Crippen LogP contribution is -2.27. The molecule has 0 aliphatic heterocycles. The van der Waals surface area contributed by atoms with Gasteiger partial charge in [0.25, 0.3) is 0 Å². The van der Waals surface area contributed by atoms with Crippen LogP contribution in [-0.4, -0.2) is 25.8 Å². The highest BCUT2D eigenvalue weighted by Crippen LogP contribution is 1.99. The number of ether oxygens (including phenoxy) is 1. The molecular weight excluding hydrogens is 186 g/mol. The zero-order chi connectivity index (χ0) is 11.5. The van der Waals surface area contributed by atoms with Crippen molar-refractivity contribution in [2.75, 3.05) is 19.8 Å². The molecule has 1 unspecified atom stereocenters. The van der Waals surface area contributed by atoms with E-state index >= 15 is 0 Å². The van der Waals surface area contributed by atoms with E-state index in [1.165, 1.54) is 19.3 Å². The summed E-state index contributed by atoms with van der Waals surface area (Å²) in [7, 11) is 0. The molecule has 0 aliphatic rings. The van der Waals surface area contributed by atoms with Crippen LogP contribution in [0.3, 0.4) is 0 Å². The fraction of sp³-hybridized carbons (Fsp3) is 1.00. The van der Waals surface area contributed by atoms with Gasteiger partial charge >= 0.3 is 0 Å². The third-order valence-electron chi connectivity index (χ3n) is 2.40. The molecule has 0 saturated heterocycles. The second kappa shape index (κ2) is 10.4. The van der Waals surface area contributed by atoms with E-state index in [1.807, 2.05) is 0 Å². The Morgan fingerprint density at radius 2 is 1.87 bits per heavy atom.